The van der Waals surface area contributed by atoms with Crippen molar-refractivity contribution >= 4 is 5.69 Å². The highest BCUT2D eigenvalue weighted by atomic mass is 15.3. The van der Waals surface area contributed by atoms with Crippen molar-refractivity contribution in [3.8, 4) is 0 Å². The Morgan fingerprint density at radius 3 is 2.78 bits per heavy atom. The number of nitrogens with zero attached hydrogens (tertiary/aromatic N) is 3. The van der Waals surface area contributed by atoms with Gasteiger partial charge in [-0.15, -0.1) is 10.2 Å². The Morgan fingerprint density at radius 2 is 2.06 bits per heavy atom. The van der Waals surface area contributed by atoms with E-state index in [-0.39, 0.29) is 6.04 Å². The number of benzene rings is 1. The summed E-state index contributed by atoms with van der Waals surface area (Å²) in [6, 6.07) is 9.07. The summed E-state index contributed by atoms with van der Waals surface area (Å²) in [6.45, 7) is 6.35. The van der Waals surface area contributed by atoms with Gasteiger partial charge in [-0.2, -0.15) is 0 Å². The molecule has 94 valence electrons. The molecule has 0 saturated carbocycles. The summed E-state index contributed by atoms with van der Waals surface area (Å²) >= 11 is 0. The van der Waals surface area contributed by atoms with Crippen molar-refractivity contribution in [2.75, 3.05) is 5.32 Å². The molecule has 0 aliphatic carbocycles. The minimum atomic E-state index is 0.242. The number of hydrogen-bond acceptors (Lipinski definition) is 3. The summed E-state index contributed by atoms with van der Waals surface area (Å²) in [5.74, 6) is 2.02. The van der Waals surface area contributed by atoms with Gasteiger partial charge in [-0.05, 0) is 32.4 Å². The SMILES string of the molecule is Cc1nnc(C2Cc3ccccc3N2)n1C(C)C. The molecule has 0 amide bonds. The number of hydrogen-bond donors (Lipinski definition) is 1. The number of rotatable bonds is 2. The third kappa shape index (κ3) is 1.68. The number of para-hydroxylation sites is 1. The molecule has 2 heterocycles. The van der Waals surface area contributed by atoms with Gasteiger partial charge in [-0.3, -0.25) is 0 Å². The van der Waals surface area contributed by atoms with Gasteiger partial charge in [0.25, 0.3) is 0 Å². The molecule has 0 fully saturated rings. The maximum Gasteiger partial charge on any atom is 0.156 e. The molecule has 18 heavy (non-hydrogen) atoms. The van der Waals surface area contributed by atoms with Crippen LogP contribution in [-0.4, -0.2) is 14.8 Å². The maximum atomic E-state index is 4.35. The molecule has 1 aromatic carbocycles. The van der Waals surface area contributed by atoms with Gasteiger partial charge >= 0.3 is 0 Å². The van der Waals surface area contributed by atoms with E-state index in [1.165, 1.54) is 11.3 Å². The summed E-state index contributed by atoms with van der Waals surface area (Å²) in [6.07, 6.45) is 0.987. The van der Waals surface area contributed by atoms with E-state index in [0.717, 1.165) is 18.1 Å². The number of nitrogens with one attached hydrogen (secondary N) is 1. The minimum absolute atomic E-state index is 0.242. The van der Waals surface area contributed by atoms with Crippen LogP contribution < -0.4 is 5.32 Å². The van der Waals surface area contributed by atoms with Crippen molar-refractivity contribution in [1.82, 2.24) is 14.8 Å². The Bertz CT molecular complexity index is 546. The highest BCUT2D eigenvalue weighted by molar-refractivity contribution is 5.57. The first-order valence-electron chi connectivity index (χ1n) is 6.42. The molecule has 0 saturated heterocycles. The van der Waals surface area contributed by atoms with Gasteiger partial charge in [0.15, 0.2) is 5.82 Å². The van der Waals surface area contributed by atoms with Crippen molar-refractivity contribution in [3.05, 3.63) is 41.5 Å². The third-order valence-electron chi connectivity index (χ3n) is 3.49. The molecule has 1 atom stereocenters. The molecular weight excluding hydrogens is 224 g/mol. The highest BCUT2D eigenvalue weighted by Gasteiger charge is 2.27. The Hall–Kier alpha value is -1.84. The van der Waals surface area contributed by atoms with E-state index in [1.54, 1.807) is 0 Å². The van der Waals surface area contributed by atoms with E-state index in [2.05, 4.69) is 58.2 Å². The van der Waals surface area contributed by atoms with E-state index >= 15 is 0 Å². The molecule has 2 aromatic rings. The zero-order valence-electron chi connectivity index (χ0n) is 11.0. The van der Waals surface area contributed by atoms with Crippen LogP contribution in [0, 0.1) is 6.92 Å². The van der Waals surface area contributed by atoms with Crippen LogP contribution in [-0.2, 0) is 6.42 Å². The summed E-state index contributed by atoms with van der Waals surface area (Å²) in [7, 11) is 0. The van der Waals surface area contributed by atoms with E-state index in [1.807, 2.05) is 6.92 Å². The highest BCUT2D eigenvalue weighted by Crippen LogP contribution is 2.33. The molecular formula is C14H18N4. The molecule has 4 heteroatoms. The average Bonchev–Trinajstić information content (AvgIpc) is 2.91. The Labute approximate surface area is 107 Å². The van der Waals surface area contributed by atoms with Gasteiger partial charge in [0.2, 0.25) is 0 Å². The number of fused-ring (bicyclic) bond motifs is 1. The standard InChI is InChI=1S/C14H18N4/c1-9(2)18-10(3)16-17-14(18)13-8-11-6-4-5-7-12(11)15-13/h4-7,9,13,15H,8H2,1-3H3. The van der Waals surface area contributed by atoms with Crippen molar-refractivity contribution in [2.45, 2.75) is 39.3 Å². The second-order valence-electron chi connectivity index (χ2n) is 5.13. The Balaban J connectivity index is 1.95. The van der Waals surface area contributed by atoms with Crippen molar-refractivity contribution in [3.63, 3.8) is 0 Å². The molecule has 1 aromatic heterocycles. The average molecular weight is 242 g/mol. The molecule has 4 nitrogen and oxygen atoms in total. The van der Waals surface area contributed by atoms with E-state index in [4.69, 9.17) is 0 Å². The lowest BCUT2D eigenvalue weighted by Gasteiger charge is -2.16. The molecule has 0 radical (unpaired) electrons. The lowest BCUT2D eigenvalue weighted by Crippen LogP contribution is -2.16. The van der Waals surface area contributed by atoms with Crippen LogP contribution in [0.15, 0.2) is 24.3 Å². The van der Waals surface area contributed by atoms with Crippen LogP contribution in [0.2, 0.25) is 0 Å². The topological polar surface area (TPSA) is 42.7 Å². The predicted octanol–water partition coefficient (Wildman–Crippen LogP) is 2.88. The van der Waals surface area contributed by atoms with Crippen LogP contribution in [0.3, 0.4) is 0 Å². The van der Waals surface area contributed by atoms with Crippen LogP contribution in [0.5, 0.6) is 0 Å². The largest absolute Gasteiger partial charge is 0.375 e. The fourth-order valence-electron chi connectivity index (χ4n) is 2.72. The molecule has 1 unspecified atom stereocenters. The lowest BCUT2D eigenvalue weighted by atomic mass is 10.1. The summed E-state index contributed by atoms with van der Waals surface area (Å²) in [4.78, 5) is 0. The molecule has 3 rings (SSSR count). The molecule has 0 spiro atoms. The van der Waals surface area contributed by atoms with Gasteiger partial charge in [0.1, 0.15) is 5.82 Å². The first kappa shape index (κ1) is 11.3. The summed E-state index contributed by atoms with van der Waals surface area (Å²) in [5, 5.41) is 12.1. The first-order valence-corrected chi connectivity index (χ1v) is 6.42. The number of aromatic nitrogens is 3. The van der Waals surface area contributed by atoms with Gasteiger partial charge in [0.05, 0.1) is 6.04 Å². The van der Waals surface area contributed by atoms with Crippen LogP contribution in [0.4, 0.5) is 5.69 Å². The number of anilines is 1. The summed E-state index contributed by atoms with van der Waals surface area (Å²) < 4.78 is 2.21. The van der Waals surface area contributed by atoms with Crippen LogP contribution >= 0.6 is 0 Å². The summed E-state index contributed by atoms with van der Waals surface area (Å²) in [5.41, 5.74) is 2.58. The van der Waals surface area contributed by atoms with Gasteiger partial charge in [-0.1, -0.05) is 18.2 Å². The van der Waals surface area contributed by atoms with Gasteiger partial charge in [0, 0.05) is 18.2 Å². The van der Waals surface area contributed by atoms with E-state index < -0.39 is 0 Å². The normalized spacial score (nSPS) is 17.9. The van der Waals surface area contributed by atoms with E-state index in [0.29, 0.717) is 6.04 Å². The second kappa shape index (κ2) is 4.12. The van der Waals surface area contributed by atoms with Gasteiger partial charge in [-0.25, -0.2) is 0 Å². The maximum absolute atomic E-state index is 4.35. The zero-order chi connectivity index (χ0) is 12.7. The number of aryl methyl sites for hydroxylation is 1. The van der Waals surface area contributed by atoms with Crippen molar-refractivity contribution < 1.29 is 0 Å². The quantitative estimate of drug-likeness (QED) is 0.880. The van der Waals surface area contributed by atoms with Gasteiger partial charge < -0.3 is 9.88 Å². The third-order valence-corrected chi connectivity index (χ3v) is 3.49. The van der Waals surface area contributed by atoms with E-state index in [9.17, 15) is 0 Å². The van der Waals surface area contributed by atoms with Crippen molar-refractivity contribution in [1.29, 1.82) is 0 Å². The molecule has 1 aliphatic rings. The van der Waals surface area contributed by atoms with Crippen LogP contribution in [0.1, 0.15) is 43.1 Å². The predicted molar refractivity (Wildman–Crippen MR) is 71.7 cm³/mol. The minimum Gasteiger partial charge on any atom is -0.375 e. The van der Waals surface area contributed by atoms with Crippen LogP contribution in [0.25, 0.3) is 0 Å². The fourth-order valence-corrected chi connectivity index (χ4v) is 2.72. The second-order valence-corrected chi connectivity index (χ2v) is 5.13. The Morgan fingerprint density at radius 1 is 1.28 bits per heavy atom. The Kier molecular flexibility index (Phi) is 2.58. The molecule has 0 bridgehead atoms. The lowest BCUT2D eigenvalue weighted by molar-refractivity contribution is 0.535. The fraction of sp³-hybridized carbons (Fsp3) is 0.429. The zero-order valence-corrected chi connectivity index (χ0v) is 11.0. The van der Waals surface area contributed by atoms with Crippen molar-refractivity contribution in [2.24, 2.45) is 0 Å². The molecule has 1 N–H and O–H groups in total. The monoisotopic (exact) mass is 242 g/mol. The smallest absolute Gasteiger partial charge is 0.156 e. The first-order chi connectivity index (χ1) is 8.66. The molecule has 1 aliphatic heterocycles.